The van der Waals surface area contributed by atoms with Crippen LogP contribution >= 0.6 is 0 Å². The zero-order chi connectivity index (χ0) is 20.5. The lowest BCUT2D eigenvalue weighted by molar-refractivity contribution is -0.123. The summed E-state index contributed by atoms with van der Waals surface area (Å²) in [6.45, 7) is 5.90. The highest BCUT2D eigenvalue weighted by atomic mass is 16.3. The molecule has 0 saturated heterocycles. The van der Waals surface area contributed by atoms with Gasteiger partial charge < -0.3 is 15.1 Å². The van der Waals surface area contributed by atoms with Crippen LogP contribution in [0.1, 0.15) is 39.8 Å². The van der Waals surface area contributed by atoms with Gasteiger partial charge in [-0.05, 0) is 74.4 Å². The molecule has 0 fully saturated rings. The van der Waals surface area contributed by atoms with Crippen LogP contribution in [0.2, 0.25) is 0 Å². The second-order valence-electron chi connectivity index (χ2n) is 8.01. The van der Waals surface area contributed by atoms with E-state index in [2.05, 4.69) is 22.8 Å². The van der Waals surface area contributed by atoms with Gasteiger partial charge in [-0.2, -0.15) is 0 Å². The molecule has 1 aliphatic carbocycles. The van der Waals surface area contributed by atoms with Crippen molar-refractivity contribution in [2.24, 2.45) is 0 Å². The summed E-state index contributed by atoms with van der Waals surface area (Å²) in [7, 11) is 0. The van der Waals surface area contributed by atoms with E-state index in [-0.39, 0.29) is 24.8 Å². The highest BCUT2D eigenvalue weighted by Gasteiger charge is 2.17. The predicted molar refractivity (Wildman–Crippen MR) is 114 cm³/mol. The van der Waals surface area contributed by atoms with Crippen LogP contribution in [0.3, 0.4) is 0 Å². The number of carbonyl (C=O) groups excluding carboxylic acids is 2. The third kappa shape index (κ3) is 4.04. The molecule has 150 valence electrons. The number of rotatable bonds is 5. The molecule has 2 aromatic carbocycles. The van der Waals surface area contributed by atoms with Gasteiger partial charge in [0, 0.05) is 16.6 Å². The van der Waals surface area contributed by atoms with E-state index >= 15 is 0 Å². The van der Waals surface area contributed by atoms with E-state index in [1.165, 1.54) is 17.5 Å². The third-order valence-electron chi connectivity index (χ3n) is 5.61. The molecular formula is C24H26N2O3. The van der Waals surface area contributed by atoms with Crippen molar-refractivity contribution in [2.45, 2.75) is 46.5 Å². The SMILES string of the molecule is Cc1cc(C)c(NC(=O)CNC(=O)Cc2coc3cc4c(cc23)CCC4)c(C)c1. The summed E-state index contributed by atoms with van der Waals surface area (Å²) in [6, 6.07) is 8.31. The Labute approximate surface area is 170 Å². The van der Waals surface area contributed by atoms with Crippen LogP contribution in [0, 0.1) is 20.8 Å². The van der Waals surface area contributed by atoms with Crippen LogP contribution in [0.25, 0.3) is 11.0 Å². The maximum Gasteiger partial charge on any atom is 0.243 e. The van der Waals surface area contributed by atoms with Crippen molar-refractivity contribution in [1.29, 1.82) is 0 Å². The minimum absolute atomic E-state index is 0.0588. The van der Waals surface area contributed by atoms with E-state index in [4.69, 9.17) is 4.42 Å². The van der Waals surface area contributed by atoms with Crippen molar-refractivity contribution in [3.05, 3.63) is 63.9 Å². The number of hydrogen-bond donors (Lipinski definition) is 2. The Bertz CT molecular complexity index is 1090. The lowest BCUT2D eigenvalue weighted by atomic mass is 10.0. The summed E-state index contributed by atoms with van der Waals surface area (Å²) in [5, 5.41) is 6.62. The summed E-state index contributed by atoms with van der Waals surface area (Å²) >= 11 is 0. The van der Waals surface area contributed by atoms with E-state index in [0.717, 1.165) is 51.8 Å². The number of anilines is 1. The molecule has 0 atom stereocenters. The number of benzene rings is 2. The molecule has 0 aliphatic heterocycles. The minimum atomic E-state index is -0.233. The van der Waals surface area contributed by atoms with E-state index < -0.39 is 0 Å². The lowest BCUT2D eigenvalue weighted by Crippen LogP contribution is -2.34. The number of carbonyl (C=O) groups is 2. The second-order valence-corrected chi connectivity index (χ2v) is 8.01. The van der Waals surface area contributed by atoms with Crippen molar-refractivity contribution in [3.63, 3.8) is 0 Å². The molecule has 2 amide bonds. The number of fused-ring (bicyclic) bond motifs is 2. The average Bonchev–Trinajstić information content (AvgIpc) is 3.27. The fourth-order valence-corrected chi connectivity index (χ4v) is 4.26. The molecule has 4 rings (SSSR count). The van der Waals surface area contributed by atoms with Crippen molar-refractivity contribution in [2.75, 3.05) is 11.9 Å². The van der Waals surface area contributed by atoms with E-state index in [1.54, 1.807) is 6.26 Å². The van der Waals surface area contributed by atoms with Gasteiger partial charge in [-0.3, -0.25) is 9.59 Å². The molecule has 5 nitrogen and oxygen atoms in total. The molecule has 1 aromatic heterocycles. The normalized spacial score (nSPS) is 12.8. The molecule has 0 radical (unpaired) electrons. The molecule has 2 N–H and O–H groups in total. The van der Waals surface area contributed by atoms with Gasteiger partial charge >= 0.3 is 0 Å². The summed E-state index contributed by atoms with van der Waals surface area (Å²) in [5.74, 6) is -0.427. The molecule has 1 heterocycles. The van der Waals surface area contributed by atoms with E-state index in [1.807, 2.05) is 32.9 Å². The number of aryl methyl sites for hydroxylation is 5. The van der Waals surface area contributed by atoms with Crippen LogP contribution in [-0.2, 0) is 28.9 Å². The number of nitrogens with one attached hydrogen (secondary N) is 2. The first-order valence-corrected chi connectivity index (χ1v) is 10.1. The van der Waals surface area contributed by atoms with Gasteiger partial charge in [-0.15, -0.1) is 0 Å². The molecule has 0 saturated carbocycles. The highest BCUT2D eigenvalue weighted by molar-refractivity contribution is 5.96. The smallest absolute Gasteiger partial charge is 0.243 e. The van der Waals surface area contributed by atoms with Crippen LogP contribution in [0.15, 0.2) is 34.9 Å². The number of furan rings is 1. The minimum Gasteiger partial charge on any atom is -0.464 e. The first kappa shape index (κ1) is 19.2. The van der Waals surface area contributed by atoms with Crippen LogP contribution in [0.4, 0.5) is 5.69 Å². The zero-order valence-electron chi connectivity index (χ0n) is 17.1. The fourth-order valence-electron chi connectivity index (χ4n) is 4.26. The van der Waals surface area contributed by atoms with Gasteiger partial charge in [0.2, 0.25) is 11.8 Å². The monoisotopic (exact) mass is 390 g/mol. The fraction of sp³-hybridized carbons (Fsp3) is 0.333. The maximum atomic E-state index is 12.4. The molecule has 1 aliphatic rings. The first-order chi connectivity index (χ1) is 13.9. The highest BCUT2D eigenvalue weighted by Crippen LogP contribution is 2.30. The summed E-state index contributed by atoms with van der Waals surface area (Å²) < 4.78 is 5.66. The Morgan fingerprint density at radius 3 is 2.38 bits per heavy atom. The van der Waals surface area contributed by atoms with Crippen molar-refractivity contribution < 1.29 is 14.0 Å². The van der Waals surface area contributed by atoms with Gasteiger partial charge in [0.25, 0.3) is 0 Å². The molecule has 3 aromatic rings. The van der Waals surface area contributed by atoms with Gasteiger partial charge in [0.15, 0.2) is 0 Å². The van der Waals surface area contributed by atoms with Gasteiger partial charge in [0.1, 0.15) is 5.58 Å². The average molecular weight is 390 g/mol. The van der Waals surface area contributed by atoms with Crippen LogP contribution < -0.4 is 10.6 Å². The number of amides is 2. The van der Waals surface area contributed by atoms with Crippen molar-refractivity contribution in [3.8, 4) is 0 Å². The largest absolute Gasteiger partial charge is 0.464 e. The van der Waals surface area contributed by atoms with Gasteiger partial charge in [0.05, 0.1) is 19.2 Å². The van der Waals surface area contributed by atoms with Crippen LogP contribution in [-0.4, -0.2) is 18.4 Å². The van der Waals surface area contributed by atoms with Gasteiger partial charge in [-0.25, -0.2) is 0 Å². The molecule has 29 heavy (non-hydrogen) atoms. The lowest BCUT2D eigenvalue weighted by Gasteiger charge is -2.13. The van der Waals surface area contributed by atoms with Gasteiger partial charge in [-0.1, -0.05) is 17.7 Å². The molecule has 5 heteroatoms. The Kier molecular flexibility index (Phi) is 5.14. The standard InChI is InChI=1S/C24H26N2O3/c1-14-7-15(2)24(16(3)8-14)26-23(28)12-25-22(27)11-19-13-29-21-10-18-6-4-5-17(18)9-20(19)21/h7-10,13H,4-6,11-12H2,1-3H3,(H,25,27)(H,26,28). The Morgan fingerprint density at radius 2 is 1.66 bits per heavy atom. The predicted octanol–water partition coefficient (Wildman–Crippen LogP) is 4.14. The van der Waals surface area contributed by atoms with Crippen molar-refractivity contribution in [1.82, 2.24) is 5.32 Å². The van der Waals surface area contributed by atoms with Crippen molar-refractivity contribution >= 4 is 28.5 Å². The summed E-state index contributed by atoms with van der Waals surface area (Å²) in [6.07, 6.45) is 5.20. The summed E-state index contributed by atoms with van der Waals surface area (Å²) in [5.41, 5.74) is 8.38. The topological polar surface area (TPSA) is 71.3 Å². The Hall–Kier alpha value is -3.08. The number of hydrogen-bond acceptors (Lipinski definition) is 3. The van der Waals surface area contributed by atoms with Crippen LogP contribution in [0.5, 0.6) is 0 Å². The van der Waals surface area contributed by atoms with E-state index in [9.17, 15) is 9.59 Å². The maximum absolute atomic E-state index is 12.4. The molecule has 0 unspecified atom stereocenters. The molecule has 0 spiro atoms. The zero-order valence-corrected chi connectivity index (χ0v) is 17.1. The quantitative estimate of drug-likeness (QED) is 0.688. The molecule has 0 bridgehead atoms. The second kappa shape index (κ2) is 7.74. The molecular weight excluding hydrogens is 364 g/mol. The Morgan fingerprint density at radius 1 is 0.966 bits per heavy atom. The van der Waals surface area contributed by atoms with E-state index in [0.29, 0.717) is 0 Å². The summed E-state index contributed by atoms with van der Waals surface area (Å²) in [4.78, 5) is 24.7. The third-order valence-corrected chi connectivity index (χ3v) is 5.61. The Balaban J connectivity index is 1.37. The first-order valence-electron chi connectivity index (χ1n) is 10.1.